The predicted molar refractivity (Wildman–Crippen MR) is 91.9 cm³/mol. The normalized spacial score (nSPS) is 13.5. The Morgan fingerprint density at radius 1 is 1.17 bits per heavy atom. The van der Waals surface area contributed by atoms with Crippen molar-refractivity contribution in [1.82, 2.24) is 10.6 Å². The van der Waals surface area contributed by atoms with Crippen LogP contribution in [0.2, 0.25) is 0 Å². The summed E-state index contributed by atoms with van der Waals surface area (Å²) in [4.78, 5) is 34.9. The number of rotatable bonds is 9. The Morgan fingerprint density at radius 3 is 2.58 bits per heavy atom. The number of allylic oxidation sites excluding steroid dienone is 4. The Balaban J connectivity index is 2.24. The van der Waals surface area contributed by atoms with Crippen LogP contribution >= 0.6 is 0 Å². The molecule has 6 heteroatoms. The van der Waals surface area contributed by atoms with Gasteiger partial charge in [-0.2, -0.15) is 0 Å². The van der Waals surface area contributed by atoms with Gasteiger partial charge in [0, 0.05) is 5.57 Å². The molecule has 0 unspecified atom stereocenters. The number of nitrogens with one attached hydrogen (secondary N) is 2. The zero-order valence-corrected chi connectivity index (χ0v) is 13.5. The van der Waals surface area contributed by atoms with Crippen molar-refractivity contribution in [2.24, 2.45) is 0 Å². The topological polar surface area (TPSA) is 84.5 Å². The molecule has 0 aromatic carbocycles. The van der Waals surface area contributed by atoms with Gasteiger partial charge in [0.25, 0.3) is 5.91 Å². The Morgan fingerprint density at radius 2 is 1.96 bits per heavy atom. The van der Waals surface area contributed by atoms with Crippen LogP contribution in [0.4, 0.5) is 0 Å². The van der Waals surface area contributed by atoms with Crippen LogP contribution in [0.5, 0.6) is 0 Å². The molecular weight excluding hydrogens is 308 g/mol. The van der Waals surface area contributed by atoms with Crippen LogP contribution in [0.3, 0.4) is 0 Å². The van der Waals surface area contributed by atoms with E-state index in [1.807, 2.05) is 12.2 Å². The van der Waals surface area contributed by atoms with Gasteiger partial charge in [-0.25, -0.2) is 0 Å². The lowest BCUT2D eigenvalue weighted by molar-refractivity contribution is -0.142. The maximum absolute atomic E-state index is 11.8. The average molecular weight is 330 g/mol. The zero-order chi connectivity index (χ0) is 17.8. The predicted octanol–water partition coefficient (Wildman–Crippen LogP) is 1.34. The van der Waals surface area contributed by atoms with Crippen molar-refractivity contribution in [2.45, 2.75) is 12.8 Å². The first-order valence-electron chi connectivity index (χ1n) is 7.58. The molecule has 1 aliphatic carbocycles. The highest BCUT2D eigenvalue weighted by molar-refractivity contribution is 5.98. The van der Waals surface area contributed by atoms with Crippen LogP contribution in [-0.4, -0.2) is 37.5 Å². The smallest absolute Gasteiger partial charge is 0.325 e. The van der Waals surface area contributed by atoms with Gasteiger partial charge in [-0.15, -0.1) is 0 Å². The van der Waals surface area contributed by atoms with Gasteiger partial charge in [0.1, 0.15) is 13.2 Å². The average Bonchev–Trinajstić information content (AvgIpc) is 2.62. The minimum absolute atomic E-state index is 0.0570. The van der Waals surface area contributed by atoms with Crippen molar-refractivity contribution < 1.29 is 19.1 Å². The van der Waals surface area contributed by atoms with E-state index in [1.54, 1.807) is 24.3 Å². The summed E-state index contributed by atoms with van der Waals surface area (Å²) in [6.45, 7) is 6.71. The lowest BCUT2D eigenvalue weighted by Crippen LogP contribution is -2.39. The van der Waals surface area contributed by atoms with E-state index in [9.17, 15) is 14.4 Å². The van der Waals surface area contributed by atoms with E-state index in [0.29, 0.717) is 11.1 Å². The molecule has 0 fully saturated rings. The van der Waals surface area contributed by atoms with Crippen LogP contribution in [0.15, 0.2) is 60.8 Å². The second-order valence-electron chi connectivity index (χ2n) is 4.94. The summed E-state index contributed by atoms with van der Waals surface area (Å²) >= 11 is 0. The molecule has 0 atom stereocenters. The molecule has 0 aliphatic heterocycles. The van der Waals surface area contributed by atoms with Crippen molar-refractivity contribution >= 4 is 17.8 Å². The number of carbonyl (C=O) groups is 3. The zero-order valence-electron chi connectivity index (χ0n) is 13.5. The highest BCUT2D eigenvalue weighted by Gasteiger charge is 2.11. The summed E-state index contributed by atoms with van der Waals surface area (Å²) in [6, 6.07) is 0. The first-order chi connectivity index (χ1) is 11.6. The van der Waals surface area contributed by atoms with Crippen molar-refractivity contribution in [3.05, 3.63) is 60.8 Å². The fraction of sp³-hybridized carbons (Fsp3) is 0.278. The van der Waals surface area contributed by atoms with Crippen LogP contribution in [0.25, 0.3) is 0 Å². The second-order valence-corrected chi connectivity index (χ2v) is 4.94. The van der Waals surface area contributed by atoms with Crippen LogP contribution in [-0.2, 0) is 19.1 Å². The van der Waals surface area contributed by atoms with Gasteiger partial charge in [0.15, 0.2) is 0 Å². The molecule has 1 rings (SSSR count). The summed E-state index contributed by atoms with van der Waals surface area (Å²) in [7, 11) is 0. The molecule has 6 nitrogen and oxygen atoms in total. The largest absolute Gasteiger partial charge is 0.460 e. The maximum atomic E-state index is 11.8. The molecule has 2 amide bonds. The fourth-order valence-corrected chi connectivity index (χ4v) is 1.82. The van der Waals surface area contributed by atoms with E-state index in [2.05, 4.69) is 23.8 Å². The van der Waals surface area contributed by atoms with Crippen LogP contribution in [0.1, 0.15) is 12.8 Å². The molecule has 0 spiro atoms. The Kier molecular flexibility index (Phi) is 8.60. The molecule has 0 saturated heterocycles. The van der Waals surface area contributed by atoms with E-state index in [1.165, 1.54) is 0 Å². The first-order valence-corrected chi connectivity index (χ1v) is 7.58. The lowest BCUT2D eigenvalue weighted by Gasteiger charge is -2.09. The number of amides is 2. The number of ether oxygens (including phenoxy) is 1. The highest BCUT2D eigenvalue weighted by Crippen LogP contribution is 2.08. The third-order valence-electron chi connectivity index (χ3n) is 3.09. The summed E-state index contributed by atoms with van der Waals surface area (Å²) in [5.74, 6) is -1.36. The van der Waals surface area contributed by atoms with Crippen molar-refractivity contribution in [3.8, 4) is 0 Å². The van der Waals surface area contributed by atoms with E-state index in [4.69, 9.17) is 4.74 Å². The van der Waals surface area contributed by atoms with E-state index in [0.717, 1.165) is 12.8 Å². The molecule has 0 aromatic rings. The molecule has 0 aromatic heterocycles. The van der Waals surface area contributed by atoms with Gasteiger partial charge >= 0.3 is 5.97 Å². The molecule has 1 aliphatic rings. The number of carbonyl (C=O) groups excluding carboxylic acids is 3. The monoisotopic (exact) mass is 330 g/mol. The molecule has 128 valence electrons. The van der Waals surface area contributed by atoms with E-state index < -0.39 is 11.9 Å². The Hall–Kier alpha value is -2.89. The second kappa shape index (κ2) is 10.8. The van der Waals surface area contributed by atoms with Crippen LogP contribution < -0.4 is 10.6 Å². The molecule has 0 saturated carbocycles. The third kappa shape index (κ3) is 7.40. The summed E-state index contributed by atoms with van der Waals surface area (Å²) in [5.41, 5.74) is 1.24. The Labute approximate surface area is 141 Å². The number of hydrogen-bond acceptors (Lipinski definition) is 4. The number of esters is 1. The minimum atomic E-state index is -0.579. The summed E-state index contributed by atoms with van der Waals surface area (Å²) in [6.07, 6.45) is 12.0. The van der Waals surface area contributed by atoms with Gasteiger partial charge in [-0.1, -0.05) is 49.6 Å². The van der Waals surface area contributed by atoms with E-state index >= 15 is 0 Å². The maximum Gasteiger partial charge on any atom is 0.325 e. The standard InChI is InChI=1S/C18H22N2O4/c1-3-8-14(4-2)13-24-17(22)12-19-16(21)11-20-18(23)15-9-6-5-7-10-15/h3-4,6,8-10H,1-2,5,7,11-13H2,(H,19,21)(H,20,23)/b14-8+. The molecule has 24 heavy (non-hydrogen) atoms. The third-order valence-corrected chi connectivity index (χ3v) is 3.09. The van der Waals surface area contributed by atoms with Gasteiger partial charge in [-0.3, -0.25) is 14.4 Å². The van der Waals surface area contributed by atoms with Crippen molar-refractivity contribution in [1.29, 1.82) is 0 Å². The summed E-state index contributed by atoms with van der Waals surface area (Å²) < 4.78 is 4.97. The number of hydrogen-bond donors (Lipinski definition) is 2. The van der Waals surface area contributed by atoms with Crippen LogP contribution in [0, 0.1) is 0 Å². The van der Waals surface area contributed by atoms with Gasteiger partial charge in [0.05, 0.1) is 6.54 Å². The molecule has 2 N–H and O–H groups in total. The molecule has 0 heterocycles. The van der Waals surface area contributed by atoms with Gasteiger partial charge in [0.2, 0.25) is 5.91 Å². The fourth-order valence-electron chi connectivity index (χ4n) is 1.82. The van der Waals surface area contributed by atoms with Crippen molar-refractivity contribution in [3.63, 3.8) is 0 Å². The Bertz CT molecular complexity index is 600. The van der Waals surface area contributed by atoms with Gasteiger partial charge in [-0.05, 0) is 18.4 Å². The molecule has 0 radical (unpaired) electrons. The van der Waals surface area contributed by atoms with Gasteiger partial charge < -0.3 is 15.4 Å². The van der Waals surface area contributed by atoms with Crippen molar-refractivity contribution in [2.75, 3.05) is 19.7 Å². The molecule has 0 bridgehead atoms. The first kappa shape index (κ1) is 19.2. The lowest BCUT2D eigenvalue weighted by atomic mass is 10.1. The SMILES string of the molecule is C=C/C=C(\C=C)COC(=O)CNC(=O)CNC(=O)C1=CCCC=C1. The molecular formula is C18H22N2O4. The highest BCUT2D eigenvalue weighted by atomic mass is 16.5. The van der Waals surface area contributed by atoms with E-state index in [-0.39, 0.29) is 25.6 Å². The quantitative estimate of drug-likeness (QED) is 0.493. The minimum Gasteiger partial charge on any atom is -0.460 e. The summed E-state index contributed by atoms with van der Waals surface area (Å²) in [5, 5.41) is 4.88.